The fourth-order valence-electron chi connectivity index (χ4n) is 5.20. The summed E-state index contributed by atoms with van der Waals surface area (Å²) in [6, 6.07) is -0.794. The zero-order valence-electron chi connectivity index (χ0n) is 16.8. The van der Waals surface area contributed by atoms with E-state index in [1.807, 2.05) is 27.7 Å². The SMILES string of the molecule is CNC(=O)[C@@H]1[C@H]2C(=O)N(CCCO)C(C(=O)NC(C)(C)C)C23CC[C@@]1(C)O3. The van der Waals surface area contributed by atoms with Crippen LogP contribution in [0, 0.1) is 11.8 Å². The van der Waals surface area contributed by atoms with Crippen molar-refractivity contribution in [3.05, 3.63) is 0 Å². The summed E-state index contributed by atoms with van der Waals surface area (Å²) in [5.41, 5.74) is -2.20. The molecule has 3 heterocycles. The normalized spacial score (nSPS) is 37.5. The third-order valence-corrected chi connectivity index (χ3v) is 6.11. The summed E-state index contributed by atoms with van der Waals surface area (Å²) >= 11 is 0. The third kappa shape index (κ3) is 2.93. The van der Waals surface area contributed by atoms with Crippen molar-refractivity contribution >= 4 is 17.7 Å². The molecular formula is C19H31N3O5. The number of carbonyl (C=O) groups is 3. The molecule has 3 rings (SSSR count). The van der Waals surface area contributed by atoms with Gasteiger partial charge in [-0.15, -0.1) is 0 Å². The molecule has 8 nitrogen and oxygen atoms in total. The zero-order chi connectivity index (χ0) is 20.2. The van der Waals surface area contributed by atoms with Gasteiger partial charge < -0.3 is 25.4 Å². The third-order valence-electron chi connectivity index (χ3n) is 6.11. The van der Waals surface area contributed by atoms with Crippen molar-refractivity contribution in [3.63, 3.8) is 0 Å². The lowest BCUT2D eigenvalue weighted by Gasteiger charge is -2.35. The van der Waals surface area contributed by atoms with Crippen LogP contribution in [-0.4, -0.2) is 70.7 Å². The summed E-state index contributed by atoms with van der Waals surface area (Å²) in [7, 11) is 1.55. The minimum atomic E-state index is -0.992. The van der Waals surface area contributed by atoms with Crippen molar-refractivity contribution in [2.24, 2.45) is 11.8 Å². The highest BCUT2D eigenvalue weighted by atomic mass is 16.5. The van der Waals surface area contributed by atoms with Crippen molar-refractivity contribution in [1.82, 2.24) is 15.5 Å². The molecule has 0 aromatic heterocycles. The van der Waals surface area contributed by atoms with Gasteiger partial charge in [-0.2, -0.15) is 0 Å². The zero-order valence-corrected chi connectivity index (χ0v) is 16.8. The Balaban J connectivity index is 2.04. The highest BCUT2D eigenvalue weighted by Gasteiger charge is 2.77. The average molecular weight is 381 g/mol. The van der Waals surface area contributed by atoms with Crippen LogP contribution in [0.25, 0.3) is 0 Å². The summed E-state index contributed by atoms with van der Waals surface area (Å²) in [6.45, 7) is 7.70. The van der Waals surface area contributed by atoms with Crippen LogP contribution in [0.3, 0.4) is 0 Å². The van der Waals surface area contributed by atoms with E-state index in [0.717, 1.165) is 0 Å². The summed E-state index contributed by atoms with van der Waals surface area (Å²) < 4.78 is 6.39. The molecule has 27 heavy (non-hydrogen) atoms. The Bertz CT molecular complexity index is 660. The number of nitrogens with zero attached hydrogens (tertiary/aromatic N) is 1. The molecule has 5 atom stereocenters. The number of ether oxygens (including phenoxy) is 1. The first-order valence-electron chi connectivity index (χ1n) is 9.66. The predicted molar refractivity (Wildman–Crippen MR) is 97.6 cm³/mol. The van der Waals surface area contributed by atoms with Crippen molar-refractivity contribution < 1.29 is 24.2 Å². The molecule has 8 heteroatoms. The lowest BCUT2D eigenvalue weighted by Crippen LogP contribution is -2.58. The van der Waals surface area contributed by atoms with E-state index >= 15 is 0 Å². The minimum absolute atomic E-state index is 0.0769. The van der Waals surface area contributed by atoms with Gasteiger partial charge >= 0.3 is 0 Å². The molecule has 2 bridgehead atoms. The van der Waals surface area contributed by atoms with Crippen LogP contribution >= 0.6 is 0 Å². The second-order valence-electron chi connectivity index (χ2n) is 9.19. The lowest BCUT2D eigenvalue weighted by atomic mass is 9.66. The number of amides is 3. The fourth-order valence-corrected chi connectivity index (χ4v) is 5.20. The Kier molecular flexibility index (Phi) is 4.79. The second kappa shape index (κ2) is 6.44. The molecule has 152 valence electrons. The van der Waals surface area contributed by atoms with E-state index in [0.29, 0.717) is 19.3 Å². The van der Waals surface area contributed by atoms with Gasteiger partial charge in [0.1, 0.15) is 11.6 Å². The highest BCUT2D eigenvalue weighted by molar-refractivity contribution is 5.99. The van der Waals surface area contributed by atoms with Crippen molar-refractivity contribution in [3.8, 4) is 0 Å². The molecule has 3 N–H and O–H groups in total. The van der Waals surface area contributed by atoms with Crippen molar-refractivity contribution in [2.75, 3.05) is 20.2 Å². The van der Waals surface area contributed by atoms with Crippen LogP contribution in [0.2, 0.25) is 0 Å². The molecule has 3 aliphatic rings. The van der Waals surface area contributed by atoms with Gasteiger partial charge in [0.2, 0.25) is 17.7 Å². The number of nitrogens with one attached hydrogen (secondary N) is 2. The largest absolute Gasteiger partial charge is 0.396 e. The number of hydrogen-bond acceptors (Lipinski definition) is 5. The van der Waals surface area contributed by atoms with Gasteiger partial charge in [-0.25, -0.2) is 0 Å². The maximum Gasteiger partial charge on any atom is 0.246 e. The van der Waals surface area contributed by atoms with E-state index in [2.05, 4.69) is 10.6 Å². The lowest BCUT2D eigenvalue weighted by molar-refractivity contribution is -0.146. The number of aliphatic hydroxyl groups is 1. The van der Waals surface area contributed by atoms with Gasteiger partial charge in [-0.3, -0.25) is 14.4 Å². The molecule has 3 fully saturated rings. The Morgan fingerprint density at radius 3 is 2.52 bits per heavy atom. The van der Waals surface area contributed by atoms with E-state index in [1.165, 1.54) is 4.90 Å². The summed E-state index contributed by atoms with van der Waals surface area (Å²) in [5.74, 6) is -2.01. The summed E-state index contributed by atoms with van der Waals surface area (Å²) in [5, 5.41) is 14.9. The standard InChI is InChI=1S/C19H31N3O5/c1-17(2,3)21-15(25)13-19-8-7-18(4,27-19)11(14(24)20-5)12(19)16(26)22(13)9-6-10-23/h11-13,23H,6-10H2,1-5H3,(H,20,24)(H,21,25)/t11-,12-,13?,18+,19?/m0/s1. The topological polar surface area (TPSA) is 108 Å². The minimum Gasteiger partial charge on any atom is -0.396 e. The Hall–Kier alpha value is -1.67. The van der Waals surface area contributed by atoms with Crippen LogP contribution in [-0.2, 0) is 19.1 Å². The molecule has 0 radical (unpaired) electrons. The number of fused-ring (bicyclic) bond motifs is 1. The van der Waals surface area contributed by atoms with E-state index in [4.69, 9.17) is 4.74 Å². The number of carbonyl (C=O) groups excluding carboxylic acids is 3. The number of hydrogen-bond donors (Lipinski definition) is 3. The predicted octanol–water partition coefficient (Wildman–Crippen LogP) is -0.206. The van der Waals surface area contributed by atoms with Crippen LogP contribution in [0.1, 0.15) is 47.0 Å². The van der Waals surface area contributed by atoms with Gasteiger partial charge in [-0.1, -0.05) is 0 Å². The maximum absolute atomic E-state index is 13.3. The van der Waals surface area contributed by atoms with Crippen molar-refractivity contribution in [1.29, 1.82) is 0 Å². The van der Waals surface area contributed by atoms with Gasteiger partial charge in [-0.05, 0) is 47.0 Å². The molecule has 0 aromatic carbocycles. The molecule has 3 aliphatic heterocycles. The highest BCUT2D eigenvalue weighted by Crippen LogP contribution is 2.63. The first-order chi connectivity index (χ1) is 12.5. The van der Waals surface area contributed by atoms with Gasteiger partial charge in [0.05, 0.1) is 17.4 Å². The molecule has 0 aliphatic carbocycles. The number of rotatable bonds is 5. The quantitative estimate of drug-likeness (QED) is 0.611. The molecule has 3 amide bonds. The van der Waals surface area contributed by atoms with Crippen LogP contribution in [0.4, 0.5) is 0 Å². The van der Waals surface area contributed by atoms with Crippen LogP contribution < -0.4 is 10.6 Å². The molecule has 2 unspecified atom stereocenters. The molecule has 1 spiro atoms. The molecule has 3 saturated heterocycles. The molecule has 0 saturated carbocycles. The van der Waals surface area contributed by atoms with Gasteiger partial charge in [0.25, 0.3) is 0 Å². The smallest absolute Gasteiger partial charge is 0.246 e. The number of likely N-dealkylation sites (tertiary alicyclic amines) is 1. The number of aliphatic hydroxyl groups excluding tert-OH is 1. The van der Waals surface area contributed by atoms with E-state index in [9.17, 15) is 19.5 Å². The average Bonchev–Trinajstić information content (AvgIpc) is 3.12. The van der Waals surface area contributed by atoms with Crippen LogP contribution in [0.5, 0.6) is 0 Å². The maximum atomic E-state index is 13.3. The molecular weight excluding hydrogens is 350 g/mol. The summed E-state index contributed by atoms with van der Waals surface area (Å²) in [6.07, 6.45) is 1.56. The Labute approximate surface area is 160 Å². The first kappa shape index (κ1) is 20.1. The van der Waals surface area contributed by atoms with E-state index in [1.54, 1.807) is 7.05 Å². The fraction of sp³-hybridized carbons (Fsp3) is 0.842. The Morgan fingerprint density at radius 2 is 1.96 bits per heavy atom. The monoisotopic (exact) mass is 381 g/mol. The summed E-state index contributed by atoms with van der Waals surface area (Å²) in [4.78, 5) is 40.7. The Morgan fingerprint density at radius 1 is 1.30 bits per heavy atom. The van der Waals surface area contributed by atoms with Gasteiger partial charge in [0, 0.05) is 25.7 Å². The van der Waals surface area contributed by atoms with E-state index in [-0.39, 0.29) is 30.9 Å². The molecule has 0 aromatic rings. The van der Waals surface area contributed by atoms with Crippen molar-refractivity contribution in [2.45, 2.75) is 69.7 Å². The van der Waals surface area contributed by atoms with Gasteiger partial charge in [0.15, 0.2) is 0 Å². The second-order valence-corrected chi connectivity index (χ2v) is 9.19. The van der Waals surface area contributed by atoms with E-state index < -0.39 is 34.6 Å². The van der Waals surface area contributed by atoms with Crippen LogP contribution in [0.15, 0.2) is 0 Å². The first-order valence-corrected chi connectivity index (χ1v) is 9.66.